The fourth-order valence-electron chi connectivity index (χ4n) is 0.665. The Balaban J connectivity index is 3.31. The molecule has 0 amide bonds. The van der Waals surface area contributed by atoms with Crippen LogP contribution in [0.5, 0.6) is 0 Å². The normalized spacial score (nSPS) is 10.0. The van der Waals surface area contributed by atoms with E-state index in [0.717, 1.165) is 5.69 Å². The zero-order valence-corrected chi connectivity index (χ0v) is 7.37. The zero-order chi connectivity index (χ0) is 7.72. The molecule has 0 unspecified atom stereocenters. The number of rotatable bonds is 0. The number of halogens is 1. The number of thiol groups is 1. The molecule has 1 aromatic heterocycles. The van der Waals surface area contributed by atoms with Crippen molar-refractivity contribution < 1.29 is 0 Å². The van der Waals surface area contributed by atoms with Crippen molar-refractivity contribution in [2.45, 2.75) is 18.7 Å². The van der Waals surface area contributed by atoms with Gasteiger partial charge in [0.1, 0.15) is 11.0 Å². The molecular formula is C6H7ClN2S. The molecule has 0 radical (unpaired) electrons. The van der Waals surface area contributed by atoms with E-state index < -0.39 is 0 Å². The van der Waals surface area contributed by atoms with Crippen molar-refractivity contribution in [2.75, 3.05) is 0 Å². The third kappa shape index (κ3) is 1.41. The predicted octanol–water partition coefficient (Wildman–Crippen LogP) is 2.04. The van der Waals surface area contributed by atoms with Gasteiger partial charge in [-0.15, -0.1) is 12.6 Å². The minimum atomic E-state index is 0.424. The summed E-state index contributed by atoms with van der Waals surface area (Å²) >= 11 is 9.79. The smallest absolute Gasteiger partial charge is 0.146 e. The van der Waals surface area contributed by atoms with Gasteiger partial charge in [-0.05, 0) is 13.8 Å². The van der Waals surface area contributed by atoms with Crippen LogP contribution < -0.4 is 0 Å². The highest BCUT2D eigenvalue weighted by molar-refractivity contribution is 7.80. The molecule has 0 saturated carbocycles. The summed E-state index contributed by atoms with van der Waals surface area (Å²) in [6, 6.07) is 0. The lowest BCUT2D eigenvalue weighted by Crippen LogP contribution is -1.92. The monoisotopic (exact) mass is 174 g/mol. The van der Waals surface area contributed by atoms with Gasteiger partial charge in [-0.2, -0.15) is 0 Å². The summed E-state index contributed by atoms with van der Waals surface area (Å²) in [6.45, 7) is 3.65. The fraction of sp³-hybridized carbons (Fsp3) is 0.333. The van der Waals surface area contributed by atoms with Crippen molar-refractivity contribution in [1.29, 1.82) is 0 Å². The van der Waals surface area contributed by atoms with Crippen molar-refractivity contribution in [3.8, 4) is 0 Å². The Bertz CT molecular complexity index is 239. The van der Waals surface area contributed by atoms with Crippen LogP contribution in [0.15, 0.2) is 4.90 Å². The lowest BCUT2D eigenvalue weighted by atomic mass is 10.4. The standard InChI is InChI=1S/C6H7ClN2S/c1-3-5(10)6(7)9-4(2)8-3/h10H,1-2H3. The van der Waals surface area contributed by atoms with Crippen molar-refractivity contribution >= 4 is 24.2 Å². The first-order chi connectivity index (χ1) is 4.61. The molecule has 0 aromatic carbocycles. The van der Waals surface area contributed by atoms with Crippen LogP contribution in [0.1, 0.15) is 11.5 Å². The average Bonchev–Trinajstić information content (AvgIpc) is 1.82. The summed E-state index contributed by atoms with van der Waals surface area (Å²) in [7, 11) is 0. The highest BCUT2D eigenvalue weighted by atomic mass is 35.5. The maximum atomic E-state index is 5.69. The summed E-state index contributed by atoms with van der Waals surface area (Å²) in [5.74, 6) is 0.681. The van der Waals surface area contributed by atoms with Gasteiger partial charge in [-0.3, -0.25) is 0 Å². The van der Waals surface area contributed by atoms with Crippen LogP contribution in [0, 0.1) is 13.8 Å². The molecular weight excluding hydrogens is 168 g/mol. The Morgan fingerprint density at radius 3 is 2.40 bits per heavy atom. The molecule has 54 valence electrons. The van der Waals surface area contributed by atoms with Crippen LogP contribution in [0.25, 0.3) is 0 Å². The number of hydrogen-bond donors (Lipinski definition) is 1. The van der Waals surface area contributed by atoms with E-state index in [1.54, 1.807) is 6.92 Å². The first-order valence-electron chi connectivity index (χ1n) is 2.81. The third-order valence-corrected chi connectivity index (χ3v) is 2.07. The second kappa shape index (κ2) is 2.76. The molecule has 0 aliphatic carbocycles. The average molecular weight is 175 g/mol. The van der Waals surface area contributed by atoms with Gasteiger partial charge in [0, 0.05) is 0 Å². The second-order valence-corrected chi connectivity index (χ2v) is 2.80. The molecule has 0 aliphatic rings. The van der Waals surface area contributed by atoms with E-state index in [2.05, 4.69) is 22.6 Å². The Hall–Kier alpha value is -0.280. The van der Waals surface area contributed by atoms with Crippen LogP contribution in [-0.2, 0) is 0 Å². The van der Waals surface area contributed by atoms with E-state index in [1.807, 2.05) is 6.92 Å². The topological polar surface area (TPSA) is 25.8 Å². The summed E-state index contributed by atoms with van der Waals surface area (Å²) in [4.78, 5) is 8.63. The van der Waals surface area contributed by atoms with Gasteiger partial charge in [-0.25, -0.2) is 9.97 Å². The molecule has 10 heavy (non-hydrogen) atoms. The predicted molar refractivity (Wildman–Crippen MR) is 43.8 cm³/mol. The van der Waals surface area contributed by atoms with E-state index >= 15 is 0 Å². The van der Waals surface area contributed by atoms with Crippen LogP contribution in [0.4, 0.5) is 0 Å². The van der Waals surface area contributed by atoms with Gasteiger partial charge < -0.3 is 0 Å². The van der Waals surface area contributed by atoms with Crippen molar-refractivity contribution in [2.24, 2.45) is 0 Å². The molecule has 1 aromatic rings. The first kappa shape index (κ1) is 7.82. The largest absolute Gasteiger partial charge is 0.237 e. The quantitative estimate of drug-likeness (QED) is 0.481. The molecule has 4 heteroatoms. The first-order valence-corrected chi connectivity index (χ1v) is 3.63. The number of aryl methyl sites for hydroxylation is 2. The minimum Gasteiger partial charge on any atom is -0.237 e. The van der Waals surface area contributed by atoms with E-state index in [4.69, 9.17) is 11.6 Å². The van der Waals surface area contributed by atoms with Gasteiger partial charge in [0.25, 0.3) is 0 Å². The summed E-state index contributed by atoms with van der Waals surface area (Å²) in [5, 5.41) is 0.424. The lowest BCUT2D eigenvalue weighted by Gasteiger charge is -1.99. The molecule has 2 nitrogen and oxygen atoms in total. The highest BCUT2D eigenvalue weighted by Gasteiger charge is 2.02. The Morgan fingerprint density at radius 1 is 1.30 bits per heavy atom. The summed E-state index contributed by atoms with van der Waals surface area (Å²) < 4.78 is 0. The van der Waals surface area contributed by atoms with Crippen LogP contribution in [-0.4, -0.2) is 9.97 Å². The summed E-state index contributed by atoms with van der Waals surface area (Å²) in [6.07, 6.45) is 0. The maximum Gasteiger partial charge on any atom is 0.146 e. The molecule has 0 N–H and O–H groups in total. The Labute approximate surface area is 70.1 Å². The second-order valence-electron chi connectivity index (χ2n) is 2.00. The molecule has 1 heterocycles. The number of aromatic nitrogens is 2. The van der Waals surface area contributed by atoms with Crippen LogP contribution in [0.2, 0.25) is 5.15 Å². The molecule has 0 spiro atoms. The Kier molecular flexibility index (Phi) is 2.16. The zero-order valence-electron chi connectivity index (χ0n) is 5.72. The number of nitrogens with zero attached hydrogens (tertiary/aromatic N) is 2. The lowest BCUT2D eigenvalue weighted by molar-refractivity contribution is 0.962. The maximum absolute atomic E-state index is 5.69. The molecule has 0 saturated heterocycles. The van der Waals surface area contributed by atoms with Gasteiger partial charge in [0.15, 0.2) is 0 Å². The molecule has 0 bridgehead atoms. The van der Waals surface area contributed by atoms with Crippen molar-refractivity contribution in [1.82, 2.24) is 9.97 Å². The van der Waals surface area contributed by atoms with Crippen molar-refractivity contribution in [3.63, 3.8) is 0 Å². The van der Waals surface area contributed by atoms with E-state index in [0.29, 0.717) is 15.9 Å². The SMILES string of the molecule is Cc1nc(C)c(S)c(Cl)n1. The van der Waals surface area contributed by atoms with Crippen LogP contribution in [0.3, 0.4) is 0 Å². The van der Waals surface area contributed by atoms with E-state index in [-0.39, 0.29) is 0 Å². The third-order valence-electron chi connectivity index (χ3n) is 1.13. The van der Waals surface area contributed by atoms with Crippen molar-refractivity contribution in [3.05, 3.63) is 16.7 Å². The fourth-order valence-corrected chi connectivity index (χ4v) is 1.02. The summed E-state index contributed by atoms with van der Waals surface area (Å²) in [5.41, 5.74) is 0.820. The van der Waals surface area contributed by atoms with Gasteiger partial charge in [0.2, 0.25) is 0 Å². The molecule has 0 fully saturated rings. The highest BCUT2D eigenvalue weighted by Crippen LogP contribution is 2.19. The van der Waals surface area contributed by atoms with E-state index in [9.17, 15) is 0 Å². The molecule has 0 atom stereocenters. The Morgan fingerprint density at radius 2 is 1.90 bits per heavy atom. The number of hydrogen-bond acceptors (Lipinski definition) is 3. The van der Waals surface area contributed by atoms with Crippen LogP contribution >= 0.6 is 24.2 Å². The van der Waals surface area contributed by atoms with E-state index in [1.165, 1.54) is 0 Å². The molecule has 1 rings (SSSR count). The minimum absolute atomic E-state index is 0.424. The van der Waals surface area contributed by atoms with Gasteiger partial charge in [-0.1, -0.05) is 11.6 Å². The van der Waals surface area contributed by atoms with Gasteiger partial charge in [0.05, 0.1) is 10.6 Å². The molecule has 0 aliphatic heterocycles. The van der Waals surface area contributed by atoms with Gasteiger partial charge >= 0.3 is 0 Å².